The molecular formula is C31H50. The SMILES string of the molecule is C#C.C=C(C)C.C=C(CC)c1cc(C)cc(C)c1C.CC.CC.Cc1cccc(C)c1. The minimum absolute atomic E-state index is 1.03. The van der Waals surface area contributed by atoms with Crippen LogP contribution in [0.5, 0.6) is 0 Å². The highest BCUT2D eigenvalue weighted by atomic mass is 14.1. The van der Waals surface area contributed by atoms with Gasteiger partial charge in [0.1, 0.15) is 0 Å². The Labute approximate surface area is 196 Å². The number of hydrogen-bond donors (Lipinski definition) is 0. The van der Waals surface area contributed by atoms with Gasteiger partial charge in [0.25, 0.3) is 0 Å². The van der Waals surface area contributed by atoms with Crippen molar-refractivity contribution in [1.82, 2.24) is 0 Å². The first-order valence-electron chi connectivity index (χ1n) is 11.3. The van der Waals surface area contributed by atoms with Gasteiger partial charge < -0.3 is 0 Å². The number of rotatable bonds is 2. The maximum Gasteiger partial charge on any atom is -0.0196 e. The first-order chi connectivity index (χ1) is 14.6. The lowest BCUT2D eigenvalue weighted by Gasteiger charge is -2.11. The Morgan fingerprint density at radius 3 is 1.42 bits per heavy atom. The van der Waals surface area contributed by atoms with Crippen LogP contribution in [-0.4, -0.2) is 0 Å². The fraction of sp³-hybridized carbons (Fsp3) is 0.419. The third-order valence-electron chi connectivity index (χ3n) is 3.79. The van der Waals surface area contributed by atoms with Crippen molar-refractivity contribution in [2.75, 3.05) is 0 Å². The Balaban J connectivity index is -0.000000173. The van der Waals surface area contributed by atoms with Gasteiger partial charge in [0.15, 0.2) is 0 Å². The van der Waals surface area contributed by atoms with E-state index in [9.17, 15) is 0 Å². The zero-order valence-electron chi connectivity index (χ0n) is 22.7. The maximum absolute atomic E-state index is 4.09. The Bertz CT molecular complexity index is 721. The molecule has 0 aliphatic carbocycles. The lowest BCUT2D eigenvalue weighted by Crippen LogP contribution is -1.92. The third kappa shape index (κ3) is 20.5. The molecule has 0 saturated heterocycles. The van der Waals surface area contributed by atoms with E-state index in [1.807, 2.05) is 41.5 Å². The van der Waals surface area contributed by atoms with Crippen molar-refractivity contribution in [2.24, 2.45) is 0 Å². The summed E-state index contributed by atoms with van der Waals surface area (Å²) in [6.45, 7) is 32.4. The summed E-state index contributed by atoms with van der Waals surface area (Å²) in [7, 11) is 0. The number of terminal acetylenes is 1. The molecule has 0 atom stereocenters. The van der Waals surface area contributed by atoms with E-state index in [1.165, 1.54) is 44.5 Å². The Morgan fingerprint density at radius 2 is 1.13 bits per heavy atom. The number of allylic oxidation sites excluding steroid dienone is 2. The predicted octanol–water partition coefficient (Wildman–Crippen LogP) is 10.2. The summed E-state index contributed by atoms with van der Waals surface area (Å²) in [6, 6.07) is 12.9. The fourth-order valence-corrected chi connectivity index (χ4v) is 2.40. The molecule has 174 valence electrons. The lowest BCUT2D eigenvalue weighted by molar-refractivity contribution is 1.20. The molecule has 0 N–H and O–H groups in total. The van der Waals surface area contributed by atoms with E-state index in [1.54, 1.807) is 0 Å². The van der Waals surface area contributed by atoms with Crippen LogP contribution in [0.3, 0.4) is 0 Å². The number of aryl methyl sites for hydroxylation is 4. The highest BCUT2D eigenvalue weighted by molar-refractivity contribution is 5.67. The molecule has 0 saturated carbocycles. The van der Waals surface area contributed by atoms with Crippen LogP contribution in [0.4, 0.5) is 0 Å². The smallest absolute Gasteiger partial charge is 0.0196 e. The first kappa shape index (κ1) is 35.9. The Morgan fingerprint density at radius 1 is 0.742 bits per heavy atom. The summed E-state index contributed by atoms with van der Waals surface area (Å²) in [6.07, 6.45) is 9.03. The maximum atomic E-state index is 4.09. The molecule has 0 nitrogen and oxygen atoms in total. The van der Waals surface area contributed by atoms with Crippen molar-refractivity contribution in [3.05, 3.63) is 88.5 Å². The molecule has 2 rings (SSSR count). The second-order valence-electron chi connectivity index (χ2n) is 7.08. The van der Waals surface area contributed by atoms with Gasteiger partial charge in [-0.15, -0.1) is 19.4 Å². The lowest BCUT2D eigenvalue weighted by atomic mass is 9.94. The van der Waals surface area contributed by atoms with Crippen molar-refractivity contribution in [2.45, 2.75) is 89.5 Å². The molecule has 0 aliphatic rings. The van der Waals surface area contributed by atoms with Crippen LogP contribution in [0.2, 0.25) is 0 Å². The molecule has 0 aromatic heterocycles. The number of benzene rings is 2. The van der Waals surface area contributed by atoms with Crippen LogP contribution >= 0.6 is 0 Å². The van der Waals surface area contributed by atoms with Crippen LogP contribution in [0, 0.1) is 47.5 Å². The molecule has 0 fully saturated rings. The molecule has 0 unspecified atom stereocenters. The molecular weight excluding hydrogens is 372 g/mol. The van der Waals surface area contributed by atoms with Crippen LogP contribution in [0.15, 0.2) is 55.1 Å². The molecule has 0 spiro atoms. The molecule has 0 heterocycles. The van der Waals surface area contributed by atoms with E-state index in [0.29, 0.717) is 0 Å². The van der Waals surface area contributed by atoms with Gasteiger partial charge in [0.2, 0.25) is 0 Å². The van der Waals surface area contributed by atoms with Crippen molar-refractivity contribution in [3.63, 3.8) is 0 Å². The van der Waals surface area contributed by atoms with E-state index in [4.69, 9.17) is 0 Å². The second kappa shape index (κ2) is 23.8. The Hall–Kier alpha value is -2.52. The van der Waals surface area contributed by atoms with Gasteiger partial charge in [0.05, 0.1) is 0 Å². The summed E-state index contributed by atoms with van der Waals surface area (Å²) in [5.74, 6) is 0. The van der Waals surface area contributed by atoms with E-state index in [0.717, 1.165) is 6.42 Å². The minimum atomic E-state index is 1.03. The summed E-state index contributed by atoms with van der Waals surface area (Å²) in [5.41, 5.74) is 10.5. The highest BCUT2D eigenvalue weighted by Gasteiger charge is 2.04. The predicted molar refractivity (Wildman–Crippen MR) is 149 cm³/mol. The molecule has 0 amide bonds. The monoisotopic (exact) mass is 422 g/mol. The topological polar surface area (TPSA) is 0 Å². The molecule has 0 radical (unpaired) electrons. The third-order valence-corrected chi connectivity index (χ3v) is 3.79. The van der Waals surface area contributed by atoms with E-state index < -0.39 is 0 Å². The zero-order valence-corrected chi connectivity index (χ0v) is 22.7. The molecule has 0 aliphatic heterocycles. The van der Waals surface area contributed by atoms with Crippen molar-refractivity contribution < 1.29 is 0 Å². The molecule has 2 aromatic carbocycles. The summed E-state index contributed by atoms with van der Waals surface area (Å²) in [4.78, 5) is 0. The highest BCUT2D eigenvalue weighted by Crippen LogP contribution is 2.23. The summed E-state index contributed by atoms with van der Waals surface area (Å²) >= 11 is 0. The van der Waals surface area contributed by atoms with Gasteiger partial charge in [-0.25, -0.2) is 0 Å². The van der Waals surface area contributed by atoms with Gasteiger partial charge >= 0.3 is 0 Å². The van der Waals surface area contributed by atoms with Gasteiger partial charge in [-0.2, -0.15) is 0 Å². The van der Waals surface area contributed by atoms with Crippen LogP contribution < -0.4 is 0 Å². The van der Waals surface area contributed by atoms with Crippen LogP contribution in [0.1, 0.15) is 88.3 Å². The molecule has 31 heavy (non-hydrogen) atoms. The van der Waals surface area contributed by atoms with Crippen LogP contribution in [-0.2, 0) is 0 Å². The molecule has 0 bridgehead atoms. The quantitative estimate of drug-likeness (QED) is 0.333. The van der Waals surface area contributed by atoms with E-state index in [-0.39, 0.29) is 0 Å². The normalized spacial score (nSPS) is 7.94. The Kier molecular flexibility index (Phi) is 27.5. The van der Waals surface area contributed by atoms with E-state index in [2.05, 4.69) is 104 Å². The van der Waals surface area contributed by atoms with Gasteiger partial charge in [-0.3, -0.25) is 0 Å². The number of hydrogen-bond acceptors (Lipinski definition) is 0. The second-order valence-corrected chi connectivity index (χ2v) is 7.08. The largest absolute Gasteiger partial charge is 0.124 e. The van der Waals surface area contributed by atoms with E-state index >= 15 is 0 Å². The van der Waals surface area contributed by atoms with Gasteiger partial charge in [0, 0.05) is 0 Å². The minimum Gasteiger partial charge on any atom is -0.124 e. The standard InChI is InChI=1S/C13H18.C8H10.C4H8.2C2H6.C2H2/c1-6-10(3)13-8-9(2)7-11(4)12(13)5;1-7-4-3-5-8(2)6-7;1-4(2)3;3*1-2/h7-8H,3,6H2,1-2,4-5H3;3-6H,1-2H3;1H2,2-3H3;2*1-2H3;1-2H. The van der Waals surface area contributed by atoms with Gasteiger partial charge in [-0.05, 0) is 77.2 Å². The average Bonchev–Trinajstić information content (AvgIpc) is 2.74. The average molecular weight is 423 g/mol. The fourth-order valence-electron chi connectivity index (χ4n) is 2.40. The van der Waals surface area contributed by atoms with Crippen molar-refractivity contribution in [3.8, 4) is 12.8 Å². The van der Waals surface area contributed by atoms with Crippen LogP contribution in [0.25, 0.3) is 5.57 Å². The van der Waals surface area contributed by atoms with Gasteiger partial charge in [-0.1, -0.05) is 99.9 Å². The first-order valence-corrected chi connectivity index (χ1v) is 11.3. The summed E-state index contributed by atoms with van der Waals surface area (Å²) in [5, 5.41) is 0. The zero-order chi connectivity index (χ0) is 25.6. The summed E-state index contributed by atoms with van der Waals surface area (Å²) < 4.78 is 0. The van der Waals surface area contributed by atoms with Crippen molar-refractivity contribution in [1.29, 1.82) is 0 Å². The van der Waals surface area contributed by atoms with Crippen molar-refractivity contribution >= 4 is 5.57 Å². The molecule has 2 aromatic rings. The molecule has 0 heteroatoms.